The molecule has 2 aromatic carbocycles. The maximum Gasteiger partial charge on any atom is 0.416 e. The van der Waals surface area contributed by atoms with E-state index in [0.29, 0.717) is 24.7 Å². The van der Waals surface area contributed by atoms with Gasteiger partial charge in [0.25, 0.3) is 5.91 Å². The summed E-state index contributed by atoms with van der Waals surface area (Å²) in [5, 5.41) is 4.08. The van der Waals surface area contributed by atoms with Gasteiger partial charge in [0.1, 0.15) is 13.2 Å². The lowest BCUT2D eigenvalue weighted by atomic mass is 10.0. The summed E-state index contributed by atoms with van der Waals surface area (Å²) >= 11 is 0. The third-order valence-corrected chi connectivity index (χ3v) is 4.21. The highest BCUT2D eigenvalue weighted by molar-refractivity contribution is 6.02. The van der Waals surface area contributed by atoms with Gasteiger partial charge in [-0.15, -0.1) is 0 Å². The minimum absolute atomic E-state index is 0.157. The molecule has 0 saturated carbocycles. The molecule has 0 radical (unpaired) electrons. The highest BCUT2D eigenvalue weighted by Gasteiger charge is 2.37. The number of nitrogens with one attached hydrogen (secondary N) is 2. The lowest BCUT2D eigenvalue weighted by Crippen LogP contribution is -2.37. The number of alkyl halides is 6. The molecule has 0 atom stereocenters. The van der Waals surface area contributed by atoms with E-state index in [-0.39, 0.29) is 23.9 Å². The SMILES string of the molecule is O=C(COC(=O)c1cc(C(F)(F)F)cc(C(F)(F)F)c1)NC(=O)Nc1ccc2c(c1)OCCO2. The van der Waals surface area contributed by atoms with Crippen molar-refractivity contribution in [2.45, 2.75) is 12.4 Å². The molecule has 2 N–H and O–H groups in total. The van der Waals surface area contributed by atoms with Crippen LogP contribution in [0.5, 0.6) is 11.5 Å². The standard InChI is InChI=1S/C20H14F6N2O6/c21-19(22,23)11-5-10(6-12(7-11)20(24,25)26)17(30)34-9-16(29)28-18(31)27-13-1-2-14-15(8-13)33-4-3-32-14/h1-2,5-8H,3-4,9H2,(H2,27,28,29,31). The number of carbonyl (C=O) groups is 3. The average Bonchev–Trinajstić information content (AvgIpc) is 2.75. The summed E-state index contributed by atoms with van der Waals surface area (Å²) in [6.45, 7) is -0.501. The van der Waals surface area contributed by atoms with E-state index < -0.39 is 53.6 Å². The van der Waals surface area contributed by atoms with E-state index in [0.717, 1.165) is 0 Å². The molecule has 0 aromatic heterocycles. The molecule has 3 amide bonds. The van der Waals surface area contributed by atoms with Gasteiger partial charge in [-0.25, -0.2) is 9.59 Å². The maximum atomic E-state index is 12.9. The molecule has 8 nitrogen and oxygen atoms in total. The minimum atomic E-state index is -5.17. The second-order valence-electron chi connectivity index (χ2n) is 6.73. The number of fused-ring (bicyclic) bond motifs is 1. The fourth-order valence-corrected chi connectivity index (χ4v) is 2.73. The van der Waals surface area contributed by atoms with E-state index in [4.69, 9.17) is 9.47 Å². The molecule has 1 aliphatic heterocycles. The number of hydrogen-bond donors (Lipinski definition) is 2. The number of esters is 1. The summed E-state index contributed by atoms with van der Waals surface area (Å²) in [5.74, 6) is -2.02. The first kappa shape index (κ1) is 24.7. The molecule has 0 saturated heterocycles. The van der Waals surface area contributed by atoms with Crippen LogP contribution in [0, 0.1) is 0 Å². The lowest BCUT2D eigenvalue weighted by Gasteiger charge is -2.19. The number of hydrogen-bond acceptors (Lipinski definition) is 6. The number of carbonyl (C=O) groups excluding carboxylic acids is 3. The Hall–Kier alpha value is -3.97. The number of anilines is 1. The Kier molecular flexibility index (Phi) is 6.88. The molecular weight excluding hydrogens is 478 g/mol. The van der Waals surface area contributed by atoms with Gasteiger partial charge in [-0.2, -0.15) is 26.3 Å². The van der Waals surface area contributed by atoms with E-state index in [2.05, 4.69) is 10.1 Å². The van der Waals surface area contributed by atoms with Gasteiger partial charge in [0, 0.05) is 11.8 Å². The van der Waals surface area contributed by atoms with Gasteiger partial charge < -0.3 is 19.5 Å². The first-order valence-electron chi connectivity index (χ1n) is 9.30. The van der Waals surface area contributed by atoms with Gasteiger partial charge in [0.15, 0.2) is 18.1 Å². The van der Waals surface area contributed by atoms with E-state index >= 15 is 0 Å². The largest absolute Gasteiger partial charge is 0.486 e. The Bertz CT molecular complexity index is 1080. The molecule has 2 aromatic rings. The molecule has 0 aliphatic carbocycles. The van der Waals surface area contributed by atoms with Crippen molar-refractivity contribution in [3.8, 4) is 11.5 Å². The summed E-state index contributed by atoms with van der Waals surface area (Å²) in [6.07, 6.45) is -10.3. The molecule has 182 valence electrons. The Morgan fingerprint density at radius 3 is 2.03 bits per heavy atom. The van der Waals surface area contributed by atoms with Gasteiger partial charge in [-0.3, -0.25) is 10.1 Å². The Labute approximate surface area is 186 Å². The second kappa shape index (κ2) is 9.49. The number of amides is 3. The van der Waals surface area contributed by atoms with E-state index in [1.807, 2.05) is 0 Å². The molecule has 1 heterocycles. The number of halogens is 6. The number of rotatable bonds is 4. The van der Waals surface area contributed by atoms with Crippen molar-refractivity contribution in [2.24, 2.45) is 0 Å². The summed E-state index contributed by atoms with van der Waals surface area (Å²) < 4.78 is 92.4. The Morgan fingerprint density at radius 2 is 1.44 bits per heavy atom. The van der Waals surface area contributed by atoms with Crippen molar-refractivity contribution in [2.75, 3.05) is 25.1 Å². The summed E-state index contributed by atoms with van der Waals surface area (Å²) in [4.78, 5) is 35.7. The van der Waals surface area contributed by atoms with Gasteiger partial charge >= 0.3 is 24.4 Å². The molecular formula is C20H14F6N2O6. The second-order valence-corrected chi connectivity index (χ2v) is 6.73. The molecule has 34 heavy (non-hydrogen) atoms. The van der Waals surface area contributed by atoms with Crippen LogP contribution in [-0.2, 0) is 21.9 Å². The predicted octanol–water partition coefficient (Wildman–Crippen LogP) is 4.00. The Balaban J connectivity index is 1.59. The van der Waals surface area contributed by atoms with Crippen LogP contribution in [0.4, 0.5) is 36.8 Å². The first-order valence-corrected chi connectivity index (χ1v) is 9.30. The average molecular weight is 492 g/mol. The van der Waals surface area contributed by atoms with E-state index in [1.54, 1.807) is 5.32 Å². The summed E-state index contributed by atoms with van der Waals surface area (Å²) in [6, 6.07) is 3.49. The van der Waals surface area contributed by atoms with Crippen molar-refractivity contribution in [3.63, 3.8) is 0 Å². The number of ether oxygens (including phenoxy) is 3. The van der Waals surface area contributed by atoms with Crippen LogP contribution in [0.2, 0.25) is 0 Å². The number of benzene rings is 2. The van der Waals surface area contributed by atoms with Gasteiger partial charge in [0.2, 0.25) is 0 Å². The highest BCUT2D eigenvalue weighted by atomic mass is 19.4. The van der Waals surface area contributed by atoms with Crippen LogP contribution in [0.15, 0.2) is 36.4 Å². The zero-order valence-electron chi connectivity index (χ0n) is 16.8. The Morgan fingerprint density at radius 1 is 0.853 bits per heavy atom. The molecule has 0 spiro atoms. The van der Waals surface area contributed by atoms with Gasteiger partial charge in [-0.1, -0.05) is 0 Å². The van der Waals surface area contributed by atoms with Crippen molar-refractivity contribution in [3.05, 3.63) is 53.1 Å². The van der Waals surface area contributed by atoms with Crippen molar-refractivity contribution >= 4 is 23.6 Å². The smallest absolute Gasteiger partial charge is 0.416 e. The molecule has 0 bridgehead atoms. The van der Waals surface area contributed by atoms with E-state index in [1.165, 1.54) is 18.2 Å². The fraction of sp³-hybridized carbons (Fsp3) is 0.250. The predicted molar refractivity (Wildman–Crippen MR) is 101 cm³/mol. The quantitative estimate of drug-likeness (QED) is 0.494. The van der Waals surface area contributed by atoms with E-state index in [9.17, 15) is 40.7 Å². The molecule has 3 rings (SSSR count). The van der Waals surface area contributed by atoms with Crippen LogP contribution in [0.25, 0.3) is 0 Å². The molecule has 0 unspecified atom stereocenters. The molecule has 14 heteroatoms. The van der Waals surface area contributed by atoms with Crippen LogP contribution in [0.3, 0.4) is 0 Å². The van der Waals surface area contributed by atoms with Crippen LogP contribution < -0.4 is 20.1 Å². The fourth-order valence-electron chi connectivity index (χ4n) is 2.73. The third-order valence-electron chi connectivity index (χ3n) is 4.21. The minimum Gasteiger partial charge on any atom is -0.486 e. The zero-order chi connectivity index (χ0) is 25.1. The maximum absolute atomic E-state index is 12.9. The van der Waals surface area contributed by atoms with Crippen LogP contribution >= 0.6 is 0 Å². The zero-order valence-corrected chi connectivity index (χ0v) is 16.8. The van der Waals surface area contributed by atoms with Crippen LogP contribution in [-0.4, -0.2) is 37.7 Å². The third kappa shape index (κ3) is 6.30. The number of urea groups is 1. The van der Waals surface area contributed by atoms with Crippen molar-refractivity contribution in [1.29, 1.82) is 0 Å². The van der Waals surface area contributed by atoms with Crippen molar-refractivity contribution in [1.82, 2.24) is 5.32 Å². The first-order chi connectivity index (χ1) is 15.8. The summed E-state index contributed by atoms with van der Waals surface area (Å²) in [5.41, 5.74) is -4.30. The van der Waals surface area contributed by atoms with Gasteiger partial charge in [0.05, 0.1) is 16.7 Å². The molecule has 0 fully saturated rings. The number of imide groups is 1. The highest BCUT2D eigenvalue weighted by Crippen LogP contribution is 2.36. The molecule has 1 aliphatic rings. The topological polar surface area (TPSA) is 103 Å². The van der Waals surface area contributed by atoms with Crippen LogP contribution in [0.1, 0.15) is 21.5 Å². The van der Waals surface area contributed by atoms with Crippen molar-refractivity contribution < 1.29 is 54.9 Å². The monoisotopic (exact) mass is 492 g/mol. The van der Waals surface area contributed by atoms with Gasteiger partial charge in [-0.05, 0) is 30.3 Å². The lowest BCUT2D eigenvalue weighted by molar-refractivity contribution is -0.143. The summed E-state index contributed by atoms with van der Waals surface area (Å²) in [7, 11) is 0. The normalized spacial score (nSPS) is 13.1.